The maximum Gasteiger partial charge on any atom is 0.129 e. The van der Waals surface area contributed by atoms with E-state index in [1.54, 1.807) is 30.3 Å². The molecule has 100 valence electrons. The second kappa shape index (κ2) is 6.64. The largest absolute Gasteiger partial charge is 0.312 e. The van der Waals surface area contributed by atoms with Gasteiger partial charge >= 0.3 is 0 Å². The molecule has 0 fully saturated rings. The van der Waals surface area contributed by atoms with Crippen LogP contribution in [0.15, 0.2) is 42.5 Å². The smallest absolute Gasteiger partial charge is 0.129 e. The van der Waals surface area contributed by atoms with Crippen molar-refractivity contribution < 1.29 is 8.78 Å². The van der Waals surface area contributed by atoms with Crippen LogP contribution in [0, 0.1) is 11.6 Å². The first kappa shape index (κ1) is 14.0. The second-order valence-corrected chi connectivity index (χ2v) is 4.63. The summed E-state index contributed by atoms with van der Waals surface area (Å²) in [5.74, 6) is -0.542. The van der Waals surface area contributed by atoms with E-state index in [-0.39, 0.29) is 11.6 Å². The molecule has 0 aliphatic rings. The molecule has 1 nitrogen and oxygen atoms in total. The van der Waals surface area contributed by atoms with Gasteiger partial charge in [-0.1, -0.05) is 35.9 Å². The van der Waals surface area contributed by atoms with Crippen LogP contribution in [0.2, 0.25) is 5.02 Å². The Labute approximate surface area is 116 Å². The Morgan fingerprint density at radius 2 is 1.68 bits per heavy atom. The van der Waals surface area contributed by atoms with Gasteiger partial charge in [-0.3, -0.25) is 0 Å². The van der Waals surface area contributed by atoms with Gasteiger partial charge in [0.25, 0.3) is 0 Å². The highest BCUT2D eigenvalue weighted by Crippen LogP contribution is 2.18. The molecule has 1 N–H and O–H groups in total. The Balaban J connectivity index is 1.86. The van der Waals surface area contributed by atoms with Crippen molar-refractivity contribution in [2.24, 2.45) is 0 Å². The maximum absolute atomic E-state index is 13.5. The fourth-order valence-electron chi connectivity index (χ4n) is 1.84. The van der Waals surface area contributed by atoms with Crippen molar-refractivity contribution in [3.8, 4) is 0 Å². The molecule has 0 radical (unpaired) electrons. The van der Waals surface area contributed by atoms with Crippen LogP contribution in [0.3, 0.4) is 0 Å². The van der Waals surface area contributed by atoms with Gasteiger partial charge in [-0.05, 0) is 36.7 Å². The van der Waals surface area contributed by atoms with Crippen molar-refractivity contribution >= 4 is 11.6 Å². The summed E-state index contributed by atoms with van der Waals surface area (Å²) in [7, 11) is 0. The van der Waals surface area contributed by atoms with Crippen LogP contribution in [-0.4, -0.2) is 6.54 Å². The van der Waals surface area contributed by atoms with Crippen molar-refractivity contribution in [3.05, 3.63) is 70.2 Å². The summed E-state index contributed by atoms with van der Waals surface area (Å²) in [6, 6.07) is 11.2. The predicted molar refractivity (Wildman–Crippen MR) is 73.2 cm³/mol. The van der Waals surface area contributed by atoms with Crippen molar-refractivity contribution in [2.75, 3.05) is 6.54 Å². The Kier molecular flexibility index (Phi) is 4.88. The third kappa shape index (κ3) is 3.75. The molecule has 0 amide bonds. The van der Waals surface area contributed by atoms with Gasteiger partial charge in [0.05, 0.1) is 0 Å². The quantitative estimate of drug-likeness (QED) is 0.818. The molecule has 2 aromatic rings. The molecule has 0 bridgehead atoms. The van der Waals surface area contributed by atoms with Crippen molar-refractivity contribution in [2.45, 2.75) is 13.0 Å². The monoisotopic (exact) mass is 281 g/mol. The van der Waals surface area contributed by atoms with Crippen molar-refractivity contribution in [1.29, 1.82) is 0 Å². The summed E-state index contributed by atoms with van der Waals surface area (Å²) in [5, 5.41) is 3.47. The predicted octanol–water partition coefficient (Wildman–Crippen LogP) is 3.95. The molecule has 0 aliphatic carbocycles. The third-order valence-corrected chi connectivity index (χ3v) is 3.25. The Morgan fingerprint density at radius 3 is 2.42 bits per heavy atom. The van der Waals surface area contributed by atoms with Crippen LogP contribution in [0.5, 0.6) is 0 Å². The van der Waals surface area contributed by atoms with Gasteiger partial charge < -0.3 is 5.32 Å². The molecule has 0 saturated carbocycles. The summed E-state index contributed by atoms with van der Waals surface area (Å²) in [6.07, 6.45) is 0.554. The maximum atomic E-state index is 13.5. The highest BCUT2D eigenvalue weighted by molar-refractivity contribution is 6.31. The van der Waals surface area contributed by atoms with Crippen molar-refractivity contribution in [1.82, 2.24) is 5.32 Å². The average molecular weight is 282 g/mol. The molecular formula is C15H14ClF2N. The minimum atomic E-state index is -0.328. The fourth-order valence-corrected chi connectivity index (χ4v) is 2.07. The summed E-state index contributed by atoms with van der Waals surface area (Å²) in [4.78, 5) is 0. The Morgan fingerprint density at radius 1 is 0.947 bits per heavy atom. The Bertz CT molecular complexity index is 537. The van der Waals surface area contributed by atoms with E-state index in [1.165, 1.54) is 12.1 Å². The highest BCUT2D eigenvalue weighted by Gasteiger charge is 2.06. The Hall–Kier alpha value is -1.45. The zero-order valence-corrected chi connectivity index (χ0v) is 11.1. The van der Waals surface area contributed by atoms with E-state index in [0.717, 1.165) is 0 Å². The standard InChI is InChI=1S/C15H14ClF2N/c16-13-5-3-7-15(18)12(13)10-19-9-8-11-4-1-2-6-14(11)17/h1-7,19H,8-10H2. The second-order valence-electron chi connectivity index (χ2n) is 4.22. The SMILES string of the molecule is Fc1ccccc1CCNCc1c(F)cccc1Cl. The summed E-state index contributed by atoms with van der Waals surface area (Å²) >= 11 is 5.91. The fraction of sp³-hybridized carbons (Fsp3) is 0.200. The molecule has 4 heteroatoms. The number of hydrogen-bond acceptors (Lipinski definition) is 1. The summed E-state index contributed by atoms with van der Waals surface area (Å²) < 4.78 is 26.8. The number of nitrogens with one attached hydrogen (secondary N) is 1. The average Bonchev–Trinajstić information content (AvgIpc) is 2.39. The molecule has 0 aromatic heterocycles. The van der Waals surface area contributed by atoms with Gasteiger partial charge in [-0.15, -0.1) is 0 Å². The number of hydrogen-bond donors (Lipinski definition) is 1. The lowest BCUT2D eigenvalue weighted by atomic mass is 10.1. The van der Waals surface area contributed by atoms with E-state index in [0.29, 0.717) is 35.7 Å². The zero-order valence-electron chi connectivity index (χ0n) is 10.3. The van der Waals surface area contributed by atoms with Gasteiger partial charge in [0.2, 0.25) is 0 Å². The van der Waals surface area contributed by atoms with E-state index in [9.17, 15) is 8.78 Å². The van der Waals surface area contributed by atoms with E-state index in [4.69, 9.17) is 11.6 Å². The van der Waals surface area contributed by atoms with Crippen LogP contribution in [0.4, 0.5) is 8.78 Å². The molecule has 0 heterocycles. The molecule has 0 unspecified atom stereocenters. The van der Waals surface area contributed by atoms with E-state index >= 15 is 0 Å². The van der Waals surface area contributed by atoms with Gasteiger partial charge in [0.1, 0.15) is 11.6 Å². The number of halogens is 3. The third-order valence-electron chi connectivity index (χ3n) is 2.89. The van der Waals surface area contributed by atoms with Gasteiger partial charge in [0, 0.05) is 17.1 Å². The van der Waals surface area contributed by atoms with Crippen LogP contribution in [-0.2, 0) is 13.0 Å². The first-order chi connectivity index (χ1) is 9.18. The molecule has 19 heavy (non-hydrogen) atoms. The molecule has 2 rings (SSSR count). The number of benzene rings is 2. The first-order valence-electron chi connectivity index (χ1n) is 6.05. The molecule has 0 saturated heterocycles. The minimum absolute atomic E-state index is 0.215. The van der Waals surface area contributed by atoms with Gasteiger partial charge in [-0.2, -0.15) is 0 Å². The molecule has 2 aromatic carbocycles. The van der Waals surface area contributed by atoms with Crippen LogP contribution >= 0.6 is 11.6 Å². The van der Waals surface area contributed by atoms with Crippen LogP contribution < -0.4 is 5.32 Å². The normalized spacial score (nSPS) is 10.7. The van der Waals surface area contributed by atoms with Crippen LogP contribution in [0.1, 0.15) is 11.1 Å². The van der Waals surface area contributed by atoms with Gasteiger partial charge in [-0.25, -0.2) is 8.78 Å². The summed E-state index contributed by atoms with van der Waals surface area (Å²) in [5.41, 5.74) is 1.09. The highest BCUT2D eigenvalue weighted by atomic mass is 35.5. The van der Waals surface area contributed by atoms with Crippen molar-refractivity contribution in [3.63, 3.8) is 0 Å². The van der Waals surface area contributed by atoms with E-state index in [1.807, 2.05) is 0 Å². The lowest BCUT2D eigenvalue weighted by Gasteiger charge is -2.08. The first-order valence-corrected chi connectivity index (χ1v) is 6.43. The topological polar surface area (TPSA) is 12.0 Å². The molecule has 0 atom stereocenters. The molecular weight excluding hydrogens is 268 g/mol. The van der Waals surface area contributed by atoms with Crippen LogP contribution in [0.25, 0.3) is 0 Å². The zero-order chi connectivity index (χ0) is 13.7. The summed E-state index contributed by atoms with van der Waals surface area (Å²) in [6.45, 7) is 0.894. The number of rotatable bonds is 5. The molecule has 0 aliphatic heterocycles. The molecule has 0 spiro atoms. The minimum Gasteiger partial charge on any atom is -0.312 e. The lowest BCUT2D eigenvalue weighted by Crippen LogP contribution is -2.18. The lowest BCUT2D eigenvalue weighted by molar-refractivity contribution is 0.578. The van der Waals surface area contributed by atoms with E-state index in [2.05, 4.69) is 5.32 Å². The van der Waals surface area contributed by atoms with E-state index < -0.39 is 0 Å². The van der Waals surface area contributed by atoms with Gasteiger partial charge in [0.15, 0.2) is 0 Å².